The van der Waals surface area contributed by atoms with Crippen molar-refractivity contribution in [1.82, 2.24) is 9.97 Å². The van der Waals surface area contributed by atoms with Crippen LogP contribution in [0.3, 0.4) is 0 Å². The van der Waals surface area contributed by atoms with Gasteiger partial charge in [-0.15, -0.1) is 0 Å². The SMILES string of the molecule is CCOc1ccccc1-c1cnc(CO)[nH]1. The van der Waals surface area contributed by atoms with Gasteiger partial charge in [-0.05, 0) is 19.1 Å². The first-order valence-corrected chi connectivity index (χ1v) is 5.22. The highest BCUT2D eigenvalue weighted by molar-refractivity contribution is 5.66. The average molecular weight is 218 g/mol. The van der Waals surface area contributed by atoms with Gasteiger partial charge in [0.1, 0.15) is 18.2 Å². The lowest BCUT2D eigenvalue weighted by Crippen LogP contribution is -1.94. The fourth-order valence-electron chi connectivity index (χ4n) is 1.55. The Labute approximate surface area is 93.9 Å². The minimum atomic E-state index is -0.0865. The number of nitrogens with zero attached hydrogens (tertiary/aromatic N) is 1. The van der Waals surface area contributed by atoms with E-state index in [1.165, 1.54) is 0 Å². The number of aliphatic hydroxyl groups excluding tert-OH is 1. The van der Waals surface area contributed by atoms with Gasteiger partial charge in [-0.2, -0.15) is 0 Å². The standard InChI is InChI=1S/C12H14N2O2/c1-2-16-11-6-4-3-5-9(11)10-7-13-12(8-15)14-10/h3-7,15H,2,8H2,1H3,(H,13,14). The van der Waals surface area contributed by atoms with E-state index in [-0.39, 0.29) is 6.61 Å². The Hall–Kier alpha value is -1.81. The summed E-state index contributed by atoms with van der Waals surface area (Å²) in [5.41, 5.74) is 1.81. The van der Waals surface area contributed by atoms with Crippen molar-refractivity contribution in [3.05, 3.63) is 36.3 Å². The number of aliphatic hydroxyl groups is 1. The van der Waals surface area contributed by atoms with E-state index in [4.69, 9.17) is 9.84 Å². The van der Waals surface area contributed by atoms with Crippen molar-refractivity contribution in [2.45, 2.75) is 13.5 Å². The summed E-state index contributed by atoms with van der Waals surface area (Å²) in [6, 6.07) is 7.74. The third kappa shape index (κ3) is 2.06. The van der Waals surface area contributed by atoms with Gasteiger partial charge in [0.05, 0.1) is 18.5 Å². The normalized spacial score (nSPS) is 10.4. The van der Waals surface area contributed by atoms with Crippen LogP contribution in [0.1, 0.15) is 12.7 Å². The molecule has 0 spiro atoms. The molecule has 16 heavy (non-hydrogen) atoms. The number of aromatic amines is 1. The number of aromatic nitrogens is 2. The number of benzene rings is 1. The van der Waals surface area contributed by atoms with E-state index >= 15 is 0 Å². The summed E-state index contributed by atoms with van der Waals surface area (Å²) < 4.78 is 5.52. The molecule has 0 saturated heterocycles. The maximum Gasteiger partial charge on any atom is 0.132 e. The fraction of sp³-hybridized carbons (Fsp3) is 0.250. The van der Waals surface area contributed by atoms with Crippen LogP contribution in [0.2, 0.25) is 0 Å². The molecular formula is C12H14N2O2. The number of rotatable bonds is 4. The van der Waals surface area contributed by atoms with Crippen LogP contribution < -0.4 is 4.74 Å². The number of H-pyrrole nitrogens is 1. The topological polar surface area (TPSA) is 58.1 Å². The van der Waals surface area contributed by atoms with Crippen LogP contribution in [-0.4, -0.2) is 21.7 Å². The van der Waals surface area contributed by atoms with Gasteiger partial charge in [-0.25, -0.2) is 4.98 Å². The van der Waals surface area contributed by atoms with Crippen LogP contribution in [0.4, 0.5) is 0 Å². The maximum atomic E-state index is 8.95. The Morgan fingerprint density at radius 2 is 2.19 bits per heavy atom. The molecule has 0 bridgehead atoms. The number of hydrogen-bond acceptors (Lipinski definition) is 3. The second kappa shape index (κ2) is 4.81. The van der Waals surface area contributed by atoms with Gasteiger partial charge < -0.3 is 14.8 Å². The number of imidazole rings is 1. The third-order valence-corrected chi connectivity index (χ3v) is 2.26. The van der Waals surface area contributed by atoms with Crippen molar-refractivity contribution in [2.75, 3.05) is 6.61 Å². The smallest absolute Gasteiger partial charge is 0.132 e. The maximum absolute atomic E-state index is 8.95. The van der Waals surface area contributed by atoms with Crippen LogP contribution >= 0.6 is 0 Å². The Bertz CT molecular complexity index is 466. The molecule has 1 aromatic heterocycles. The number of hydrogen-bond donors (Lipinski definition) is 2. The summed E-state index contributed by atoms with van der Waals surface area (Å²) in [6.07, 6.45) is 1.70. The molecule has 84 valence electrons. The van der Waals surface area contributed by atoms with E-state index in [2.05, 4.69) is 9.97 Å². The van der Waals surface area contributed by atoms with Crippen LogP contribution in [0.15, 0.2) is 30.5 Å². The Balaban J connectivity index is 2.38. The zero-order valence-corrected chi connectivity index (χ0v) is 9.10. The molecule has 2 N–H and O–H groups in total. The van der Waals surface area contributed by atoms with Gasteiger partial charge >= 0.3 is 0 Å². The summed E-state index contributed by atoms with van der Waals surface area (Å²) in [5, 5.41) is 8.95. The lowest BCUT2D eigenvalue weighted by Gasteiger charge is -2.07. The Kier molecular flexibility index (Phi) is 3.22. The van der Waals surface area contributed by atoms with Crippen molar-refractivity contribution in [1.29, 1.82) is 0 Å². The Morgan fingerprint density at radius 1 is 1.38 bits per heavy atom. The van der Waals surface area contributed by atoms with Crippen molar-refractivity contribution < 1.29 is 9.84 Å². The molecule has 2 rings (SSSR count). The zero-order chi connectivity index (χ0) is 11.4. The van der Waals surface area contributed by atoms with E-state index < -0.39 is 0 Å². The van der Waals surface area contributed by atoms with E-state index in [0.717, 1.165) is 17.0 Å². The zero-order valence-electron chi connectivity index (χ0n) is 9.10. The van der Waals surface area contributed by atoms with Crippen LogP contribution in [0.25, 0.3) is 11.3 Å². The van der Waals surface area contributed by atoms with Crippen molar-refractivity contribution in [2.24, 2.45) is 0 Å². The molecule has 1 heterocycles. The average Bonchev–Trinajstić information content (AvgIpc) is 2.79. The molecule has 0 saturated carbocycles. The van der Waals surface area contributed by atoms with E-state index in [9.17, 15) is 0 Å². The first-order chi connectivity index (χ1) is 7.85. The molecule has 4 nitrogen and oxygen atoms in total. The van der Waals surface area contributed by atoms with Gasteiger partial charge in [0.2, 0.25) is 0 Å². The summed E-state index contributed by atoms with van der Waals surface area (Å²) >= 11 is 0. The molecule has 0 radical (unpaired) electrons. The van der Waals surface area contributed by atoms with Crippen molar-refractivity contribution in [3.63, 3.8) is 0 Å². The highest BCUT2D eigenvalue weighted by Crippen LogP contribution is 2.28. The Morgan fingerprint density at radius 3 is 2.88 bits per heavy atom. The summed E-state index contributed by atoms with van der Waals surface area (Å²) in [4.78, 5) is 7.09. The fourth-order valence-corrected chi connectivity index (χ4v) is 1.55. The first-order valence-electron chi connectivity index (χ1n) is 5.22. The molecule has 0 atom stereocenters. The molecule has 4 heteroatoms. The van der Waals surface area contributed by atoms with E-state index in [0.29, 0.717) is 12.4 Å². The van der Waals surface area contributed by atoms with Crippen molar-refractivity contribution in [3.8, 4) is 17.0 Å². The molecule has 1 aromatic carbocycles. The second-order valence-electron chi connectivity index (χ2n) is 3.33. The molecule has 2 aromatic rings. The van der Waals surface area contributed by atoms with E-state index in [1.54, 1.807) is 6.20 Å². The summed E-state index contributed by atoms with van der Waals surface area (Å²) in [6.45, 7) is 2.48. The highest BCUT2D eigenvalue weighted by Gasteiger charge is 2.07. The quantitative estimate of drug-likeness (QED) is 0.824. The largest absolute Gasteiger partial charge is 0.493 e. The van der Waals surface area contributed by atoms with Gasteiger partial charge in [0.25, 0.3) is 0 Å². The molecule has 0 fully saturated rings. The molecule has 0 aliphatic rings. The third-order valence-electron chi connectivity index (χ3n) is 2.26. The molecule has 0 amide bonds. The molecular weight excluding hydrogens is 204 g/mol. The minimum absolute atomic E-state index is 0.0865. The summed E-state index contributed by atoms with van der Waals surface area (Å²) in [7, 11) is 0. The highest BCUT2D eigenvalue weighted by atomic mass is 16.5. The number of ether oxygens (including phenoxy) is 1. The van der Waals surface area contributed by atoms with Gasteiger partial charge in [-0.3, -0.25) is 0 Å². The minimum Gasteiger partial charge on any atom is -0.493 e. The van der Waals surface area contributed by atoms with Crippen LogP contribution in [0.5, 0.6) is 5.75 Å². The van der Waals surface area contributed by atoms with E-state index in [1.807, 2.05) is 31.2 Å². The number of para-hydroxylation sites is 1. The van der Waals surface area contributed by atoms with Crippen LogP contribution in [-0.2, 0) is 6.61 Å². The summed E-state index contributed by atoms with van der Waals surface area (Å²) in [5.74, 6) is 1.37. The van der Waals surface area contributed by atoms with Crippen LogP contribution in [0, 0.1) is 0 Å². The molecule has 0 aliphatic carbocycles. The van der Waals surface area contributed by atoms with Gasteiger partial charge in [0, 0.05) is 5.56 Å². The number of nitrogens with one attached hydrogen (secondary N) is 1. The monoisotopic (exact) mass is 218 g/mol. The van der Waals surface area contributed by atoms with Gasteiger partial charge in [-0.1, -0.05) is 12.1 Å². The first kappa shape index (κ1) is 10.7. The lowest BCUT2D eigenvalue weighted by atomic mass is 10.1. The predicted octanol–water partition coefficient (Wildman–Crippen LogP) is 1.97. The molecule has 0 aliphatic heterocycles. The predicted molar refractivity (Wildman–Crippen MR) is 61.1 cm³/mol. The lowest BCUT2D eigenvalue weighted by molar-refractivity contribution is 0.272. The van der Waals surface area contributed by atoms with Gasteiger partial charge in [0.15, 0.2) is 0 Å². The molecule has 0 unspecified atom stereocenters. The second-order valence-corrected chi connectivity index (χ2v) is 3.33. The van der Waals surface area contributed by atoms with Crippen molar-refractivity contribution >= 4 is 0 Å².